The van der Waals surface area contributed by atoms with Gasteiger partial charge in [0, 0.05) is 29.9 Å². The van der Waals surface area contributed by atoms with Crippen molar-refractivity contribution in [2.45, 2.75) is 37.3 Å². The third kappa shape index (κ3) is 3.21. The number of esters is 1. The first-order valence-electron chi connectivity index (χ1n) is 8.57. The number of thioether (sulfide) groups is 1. The van der Waals surface area contributed by atoms with Crippen LogP contribution in [-0.2, 0) is 20.9 Å². The maximum absolute atomic E-state index is 12.4. The van der Waals surface area contributed by atoms with Gasteiger partial charge in [-0.2, -0.15) is 0 Å². The van der Waals surface area contributed by atoms with Crippen molar-refractivity contribution in [3.05, 3.63) is 40.3 Å². The van der Waals surface area contributed by atoms with Crippen LogP contribution in [0.5, 0.6) is 0 Å². The summed E-state index contributed by atoms with van der Waals surface area (Å²) < 4.78 is 10.7. The SMILES string of the molecule is CC12CCC(=O)N1C(C(=O)OCc1nnc(-c3ccc([N+](=O)[O-])cc3)o1)CS2. The third-order valence-electron chi connectivity index (χ3n) is 4.85. The molecule has 0 radical (unpaired) electrons. The van der Waals surface area contributed by atoms with Crippen molar-refractivity contribution in [3.63, 3.8) is 0 Å². The van der Waals surface area contributed by atoms with Gasteiger partial charge in [0.05, 0.1) is 9.79 Å². The predicted octanol–water partition coefficient (Wildman–Crippen LogP) is 2.14. The van der Waals surface area contributed by atoms with Crippen LogP contribution >= 0.6 is 11.8 Å². The first-order valence-corrected chi connectivity index (χ1v) is 9.56. The van der Waals surface area contributed by atoms with Gasteiger partial charge in [-0.3, -0.25) is 14.9 Å². The lowest BCUT2D eigenvalue weighted by Gasteiger charge is -2.29. The zero-order chi connectivity index (χ0) is 19.9. The molecule has 10 nitrogen and oxygen atoms in total. The summed E-state index contributed by atoms with van der Waals surface area (Å²) in [7, 11) is 0. The molecule has 2 atom stereocenters. The topological polar surface area (TPSA) is 129 Å². The van der Waals surface area contributed by atoms with E-state index in [0.717, 1.165) is 6.42 Å². The summed E-state index contributed by atoms with van der Waals surface area (Å²) in [6, 6.07) is 5.05. The highest BCUT2D eigenvalue weighted by atomic mass is 32.2. The molecule has 0 N–H and O–H groups in total. The predicted molar refractivity (Wildman–Crippen MR) is 96.9 cm³/mol. The van der Waals surface area contributed by atoms with E-state index < -0.39 is 16.9 Å². The Hall–Kier alpha value is -2.95. The number of non-ortho nitro benzene ring substituents is 1. The number of fused-ring (bicyclic) bond motifs is 1. The molecule has 1 aromatic carbocycles. The molecule has 4 rings (SSSR count). The molecule has 2 fully saturated rings. The summed E-state index contributed by atoms with van der Waals surface area (Å²) >= 11 is 1.59. The van der Waals surface area contributed by atoms with Crippen LogP contribution < -0.4 is 0 Å². The number of nitrogens with zero attached hydrogens (tertiary/aromatic N) is 4. The number of nitro groups is 1. The van der Waals surface area contributed by atoms with Crippen LogP contribution in [0.15, 0.2) is 28.7 Å². The average Bonchev–Trinajstić information content (AvgIpc) is 3.36. The minimum absolute atomic E-state index is 0.0345. The fraction of sp³-hybridized carbons (Fsp3) is 0.412. The Morgan fingerprint density at radius 3 is 2.89 bits per heavy atom. The summed E-state index contributed by atoms with van der Waals surface area (Å²) in [6.07, 6.45) is 1.16. The van der Waals surface area contributed by atoms with Gasteiger partial charge < -0.3 is 14.1 Å². The molecule has 0 aliphatic carbocycles. The monoisotopic (exact) mass is 404 g/mol. The molecule has 2 saturated heterocycles. The molecule has 1 amide bonds. The molecule has 0 bridgehead atoms. The summed E-state index contributed by atoms with van der Waals surface area (Å²) in [5, 5.41) is 18.4. The van der Waals surface area contributed by atoms with Crippen molar-refractivity contribution in [2.75, 3.05) is 5.75 Å². The van der Waals surface area contributed by atoms with Crippen molar-refractivity contribution >= 4 is 29.3 Å². The van der Waals surface area contributed by atoms with Gasteiger partial charge in [-0.25, -0.2) is 4.79 Å². The van der Waals surface area contributed by atoms with Crippen molar-refractivity contribution < 1.29 is 23.7 Å². The summed E-state index contributed by atoms with van der Waals surface area (Å²) in [5.41, 5.74) is 0.469. The van der Waals surface area contributed by atoms with Gasteiger partial charge in [-0.05, 0) is 25.5 Å². The molecule has 28 heavy (non-hydrogen) atoms. The lowest BCUT2D eigenvalue weighted by molar-refractivity contribution is -0.384. The summed E-state index contributed by atoms with van der Waals surface area (Å²) in [5.74, 6) is 0.232. The van der Waals surface area contributed by atoms with Gasteiger partial charge in [0.2, 0.25) is 11.8 Å². The Morgan fingerprint density at radius 1 is 1.43 bits per heavy atom. The maximum Gasteiger partial charge on any atom is 0.330 e. The van der Waals surface area contributed by atoms with E-state index in [1.54, 1.807) is 16.7 Å². The highest BCUT2D eigenvalue weighted by Gasteiger charge is 2.53. The van der Waals surface area contributed by atoms with Crippen LogP contribution in [0.25, 0.3) is 11.5 Å². The first kappa shape index (κ1) is 18.4. The summed E-state index contributed by atoms with van der Waals surface area (Å²) in [4.78, 5) is 36.0. The smallest absolute Gasteiger partial charge is 0.330 e. The Kier molecular flexibility index (Phi) is 4.53. The number of benzene rings is 1. The number of carbonyl (C=O) groups is 2. The van der Waals surface area contributed by atoms with Crippen LogP contribution in [0, 0.1) is 10.1 Å². The van der Waals surface area contributed by atoms with Crippen LogP contribution in [0.2, 0.25) is 0 Å². The second kappa shape index (κ2) is 6.89. The number of nitro benzene ring substituents is 1. The number of hydrogen-bond donors (Lipinski definition) is 0. The van der Waals surface area contributed by atoms with E-state index in [2.05, 4.69) is 10.2 Å². The van der Waals surface area contributed by atoms with Crippen molar-refractivity contribution in [1.82, 2.24) is 15.1 Å². The van der Waals surface area contributed by atoms with Gasteiger partial charge in [0.1, 0.15) is 6.04 Å². The molecule has 2 aliphatic rings. The van der Waals surface area contributed by atoms with Gasteiger partial charge in [0.25, 0.3) is 11.6 Å². The van der Waals surface area contributed by atoms with Crippen molar-refractivity contribution in [3.8, 4) is 11.5 Å². The zero-order valence-electron chi connectivity index (χ0n) is 14.9. The number of ether oxygens (including phenoxy) is 1. The number of hydrogen-bond acceptors (Lipinski definition) is 9. The molecule has 146 valence electrons. The number of aromatic nitrogens is 2. The molecular weight excluding hydrogens is 388 g/mol. The Morgan fingerprint density at radius 2 is 2.18 bits per heavy atom. The first-order chi connectivity index (χ1) is 13.4. The van der Waals surface area contributed by atoms with Crippen LogP contribution in [0.4, 0.5) is 5.69 Å². The number of rotatable bonds is 5. The van der Waals surface area contributed by atoms with Gasteiger partial charge in [0.15, 0.2) is 6.61 Å². The summed E-state index contributed by atoms with van der Waals surface area (Å²) in [6.45, 7) is 1.75. The standard InChI is InChI=1S/C17H16N4O6S/c1-17-7-6-14(22)20(17)12(9-28-17)16(23)26-8-13-18-19-15(27-13)10-2-4-11(5-3-10)21(24)25/h2-5,12H,6-9H2,1H3. The van der Waals surface area contributed by atoms with E-state index in [4.69, 9.17) is 9.15 Å². The van der Waals surface area contributed by atoms with E-state index in [1.165, 1.54) is 24.3 Å². The second-order valence-corrected chi connectivity index (χ2v) is 8.18. The molecule has 0 saturated carbocycles. The molecule has 0 spiro atoms. The van der Waals surface area contributed by atoms with E-state index in [0.29, 0.717) is 17.7 Å². The van der Waals surface area contributed by atoms with Crippen LogP contribution in [-0.4, -0.2) is 48.6 Å². The molecule has 2 unspecified atom stereocenters. The highest BCUT2D eigenvalue weighted by Crippen LogP contribution is 2.47. The quantitative estimate of drug-likeness (QED) is 0.418. The minimum atomic E-state index is -0.609. The fourth-order valence-electron chi connectivity index (χ4n) is 3.38. The fourth-order valence-corrected chi connectivity index (χ4v) is 4.80. The lowest BCUT2D eigenvalue weighted by atomic mass is 10.2. The van der Waals surface area contributed by atoms with Crippen molar-refractivity contribution in [2.24, 2.45) is 0 Å². The lowest BCUT2D eigenvalue weighted by Crippen LogP contribution is -2.46. The molecule has 2 aliphatic heterocycles. The Bertz CT molecular complexity index is 945. The van der Waals surface area contributed by atoms with E-state index >= 15 is 0 Å². The van der Waals surface area contributed by atoms with Gasteiger partial charge in [-0.15, -0.1) is 22.0 Å². The van der Waals surface area contributed by atoms with Gasteiger partial charge in [-0.1, -0.05) is 0 Å². The van der Waals surface area contributed by atoms with Crippen LogP contribution in [0.3, 0.4) is 0 Å². The number of amides is 1. The van der Waals surface area contributed by atoms with E-state index in [9.17, 15) is 19.7 Å². The minimum Gasteiger partial charge on any atom is -0.454 e. The zero-order valence-corrected chi connectivity index (χ0v) is 15.7. The molecule has 2 aromatic rings. The van der Waals surface area contributed by atoms with Gasteiger partial charge >= 0.3 is 5.97 Å². The number of carbonyl (C=O) groups excluding carboxylic acids is 2. The Labute approximate surface area is 163 Å². The maximum atomic E-state index is 12.4. The van der Waals surface area contributed by atoms with E-state index in [1.807, 2.05) is 6.92 Å². The van der Waals surface area contributed by atoms with E-state index in [-0.39, 0.29) is 34.9 Å². The highest BCUT2D eigenvalue weighted by molar-refractivity contribution is 8.01. The Balaban J connectivity index is 1.39. The largest absolute Gasteiger partial charge is 0.454 e. The molecule has 11 heteroatoms. The molecular formula is C17H16N4O6S. The van der Waals surface area contributed by atoms with Crippen molar-refractivity contribution in [1.29, 1.82) is 0 Å². The molecule has 1 aromatic heterocycles. The normalized spacial score (nSPS) is 23.7. The van der Waals surface area contributed by atoms with Crippen LogP contribution in [0.1, 0.15) is 25.7 Å². The average molecular weight is 404 g/mol. The third-order valence-corrected chi connectivity index (χ3v) is 6.35. The molecule has 3 heterocycles. The second-order valence-electron chi connectivity index (χ2n) is 6.68.